The third-order valence-corrected chi connectivity index (χ3v) is 2.78. The summed E-state index contributed by atoms with van der Waals surface area (Å²) in [6, 6.07) is 11.0. The highest BCUT2D eigenvalue weighted by Crippen LogP contribution is 2.29. The van der Waals surface area contributed by atoms with Crippen molar-refractivity contribution in [2.75, 3.05) is 0 Å². The second-order valence-electron chi connectivity index (χ2n) is 3.54. The van der Waals surface area contributed by atoms with Gasteiger partial charge in [-0.05, 0) is 30.3 Å². The number of fused-ring (bicyclic) bond motifs is 3. The lowest BCUT2D eigenvalue weighted by atomic mass is 10.1. The summed E-state index contributed by atoms with van der Waals surface area (Å²) in [5, 5.41) is 12.2. The minimum Gasteiger partial charge on any atom is -0.508 e. The van der Waals surface area contributed by atoms with E-state index < -0.39 is 0 Å². The molecule has 0 radical (unpaired) electrons. The molecule has 0 aliphatic carbocycles. The summed E-state index contributed by atoms with van der Waals surface area (Å²) < 4.78 is 0. The molecule has 0 aliphatic rings. The number of aromatic amines is 1. The second-order valence-corrected chi connectivity index (χ2v) is 3.98. The van der Waals surface area contributed by atoms with E-state index >= 15 is 0 Å². The molecule has 1 heterocycles. The molecule has 3 rings (SSSR count). The zero-order chi connectivity index (χ0) is 10.4. The van der Waals surface area contributed by atoms with Gasteiger partial charge in [0.05, 0.1) is 0 Å². The number of nitrogens with one attached hydrogen (secondary N) is 1. The van der Waals surface area contributed by atoms with Crippen molar-refractivity contribution in [1.29, 1.82) is 0 Å². The molecule has 2 nitrogen and oxygen atoms in total. The molecule has 0 aliphatic heterocycles. The summed E-state index contributed by atoms with van der Waals surface area (Å²) in [6.07, 6.45) is 0. The molecule has 15 heavy (non-hydrogen) atoms. The largest absolute Gasteiger partial charge is 0.508 e. The molecule has 0 bridgehead atoms. The first-order valence-corrected chi connectivity index (χ1v) is 5.02. The van der Waals surface area contributed by atoms with Crippen LogP contribution in [0.25, 0.3) is 21.8 Å². The van der Waals surface area contributed by atoms with Crippen LogP contribution in [-0.4, -0.2) is 10.1 Å². The highest BCUT2D eigenvalue weighted by atomic mass is 35.5. The standard InChI is InChI=1S/C12H8ClNO/c13-7-1-3-9-10-6-8(15)2-4-11(10)14-12(9)5-7/h1-6,14-15H. The lowest BCUT2D eigenvalue weighted by Gasteiger charge is -1.92. The third-order valence-electron chi connectivity index (χ3n) is 2.54. The second kappa shape index (κ2) is 2.91. The minimum absolute atomic E-state index is 0.276. The van der Waals surface area contributed by atoms with E-state index in [0.717, 1.165) is 21.8 Å². The predicted octanol–water partition coefficient (Wildman–Crippen LogP) is 3.68. The summed E-state index contributed by atoms with van der Waals surface area (Å²) in [6.45, 7) is 0. The maximum atomic E-state index is 9.42. The lowest BCUT2D eigenvalue weighted by Crippen LogP contribution is -1.67. The normalized spacial score (nSPS) is 11.3. The molecule has 2 N–H and O–H groups in total. The molecular formula is C12H8ClNO. The van der Waals surface area contributed by atoms with Crippen LogP contribution in [0.3, 0.4) is 0 Å². The van der Waals surface area contributed by atoms with Crippen LogP contribution in [0.4, 0.5) is 0 Å². The highest BCUT2D eigenvalue weighted by molar-refractivity contribution is 6.31. The monoisotopic (exact) mass is 217 g/mol. The SMILES string of the molecule is Oc1ccc2[nH]c3cc(Cl)ccc3c2c1. The Hall–Kier alpha value is -1.67. The van der Waals surface area contributed by atoms with Crippen molar-refractivity contribution < 1.29 is 5.11 Å². The fraction of sp³-hybridized carbons (Fsp3) is 0. The van der Waals surface area contributed by atoms with Gasteiger partial charge in [-0.3, -0.25) is 0 Å². The Balaban J connectivity index is 2.53. The topological polar surface area (TPSA) is 36.0 Å². The summed E-state index contributed by atoms with van der Waals surface area (Å²) in [5.74, 6) is 0.276. The molecule has 2 aromatic carbocycles. The number of benzene rings is 2. The molecule has 0 saturated heterocycles. The third kappa shape index (κ3) is 1.26. The fourth-order valence-corrected chi connectivity index (χ4v) is 2.04. The van der Waals surface area contributed by atoms with Crippen LogP contribution in [0.5, 0.6) is 5.75 Å². The van der Waals surface area contributed by atoms with E-state index in [4.69, 9.17) is 11.6 Å². The average molecular weight is 218 g/mol. The first-order valence-electron chi connectivity index (χ1n) is 4.64. The van der Waals surface area contributed by atoms with Crippen LogP contribution in [0, 0.1) is 0 Å². The van der Waals surface area contributed by atoms with Gasteiger partial charge in [0, 0.05) is 26.8 Å². The summed E-state index contributed by atoms with van der Waals surface area (Å²) in [5.41, 5.74) is 1.99. The van der Waals surface area contributed by atoms with Gasteiger partial charge in [-0.2, -0.15) is 0 Å². The number of aromatic hydroxyl groups is 1. The summed E-state index contributed by atoms with van der Waals surface area (Å²) in [7, 11) is 0. The molecule has 0 spiro atoms. The molecule has 0 amide bonds. The lowest BCUT2D eigenvalue weighted by molar-refractivity contribution is 0.476. The Morgan fingerprint density at radius 2 is 1.80 bits per heavy atom. The number of aromatic nitrogens is 1. The number of phenolic OH excluding ortho intramolecular Hbond substituents is 1. The summed E-state index contributed by atoms with van der Waals surface area (Å²) in [4.78, 5) is 3.25. The molecule has 1 aromatic heterocycles. The maximum absolute atomic E-state index is 9.42. The van der Waals surface area contributed by atoms with Crippen molar-refractivity contribution in [3.05, 3.63) is 41.4 Å². The van der Waals surface area contributed by atoms with Gasteiger partial charge in [0.2, 0.25) is 0 Å². The summed E-state index contributed by atoms with van der Waals surface area (Å²) >= 11 is 5.91. The van der Waals surface area contributed by atoms with Crippen LogP contribution in [0.15, 0.2) is 36.4 Å². The average Bonchev–Trinajstić information content (AvgIpc) is 2.54. The van der Waals surface area contributed by atoms with E-state index in [9.17, 15) is 5.11 Å². The van der Waals surface area contributed by atoms with Crippen LogP contribution < -0.4 is 0 Å². The van der Waals surface area contributed by atoms with Gasteiger partial charge in [0.15, 0.2) is 0 Å². The number of H-pyrrole nitrogens is 1. The van der Waals surface area contributed by atoms with E-state index in [1.165, 1.54) is 0 Å². The van der Waals surface area contributed by atoms with E-state index in [2.05, 4.69) is 4.98 Å². The van der Waals surface area contributed by atoms with E-state index in [1.807, 2.05) is 24.3 Å². The first kappa shape index (κ1) is 8.62. The molecule has 0 atom stereocenters. The maximum Gasteiger partial charge on any atom is 0.116 e. The Morgan fingerprint density at radius 3 is 2.67 bits per heavy atom. The van der Waals surface area contributed by atoms with Gasteiger partial charge in [0.1, 0.15) is 5.75 Å². The van der Waals surface area contributed by atoms with Crippen LogP contribution in [-0.2, 0) is 0 Å². The van der Waals surface area contributed by atoms with E-state index in [-0.39, 0.29) is 5.75 Å². The van der Waals surface area contributed by atoms with Gasteiger partial charge >= 0.3 is 0 Å². The molecule has 74 valence electrons. The number of phenols is 1. The van der Waals surface area contributed by atoms with Gasteiger partial charge in [-0.15, -0.1) is 0 Å². The Morgan fingerprint density at radius 1 is 0.933 bits per heavy atom. The number of hydrogen-bond donors (Lipinski definition) is 2. The Kier molecular flexibility index (Phi) is 1.67. The fourth-order valence-electron chi connectivity index (χ4n) is 1.86. The van der Waals surface area contributed by atoms with Crippen molar-refractivity contribution >= 4 is 33.4 Å². The van der Waals surface area contributed by atoms with Crippen molar-refractivity contribution in [3.63, 3.8) is 0 Å². The van der Waals surface area contributed by atoms with Crippen LogP contribution in [0.1, 0.15) is 0 Å². The number of halogens is 1. The zero-order valence-corrected chi connectivity index (χ0v) is 8.55. The molecule has 0 fully saturated rings. The van der Waals surface area contributed by atoms with Crippen LogP contribution >= 0.6 is 11.6 Å². The molecule has 3 heteroatoms. The Bertz CT molecular complexity index is 657. The van der Waals surface area contributed by atoms with Gasteiger partial charge < -0.3 is 10.1 Å². The van der Waals surface area contributed by atoms with Crippen molar-refractivity contribution in [3.8, 4) is 5.75 Å². The minimum atomic E-state index is 0.276. The smallest absolute Gasteiger partial charge is 0.116 e. The number of hydrogen-bond acceptors (Lipinski definition) is 1. The number of rotatable bonds is 0. The Labute approximate surface area is 91.1 Å². The van der Waals surface area contributed by atoms with Crippen molar-refractivity contribution in [2.24, 2.45) is 0 Å². The molecule has 3 aromatic rings. The highest BCUT2D eigenvalue weighted by Gasteiger charge is 2.04. The van der Waals surface area contributed by atoms with Gasteiger partial charge in [0.25, 0.3) is 0 Å². The molecule has 0 saturated carbocycles. The van der Waals surface area contributed by atoms with Crippen molar-refractivity contribution in [2.45, 2.75) is 0 Å². The van der Waals surface area contributed by atoms with Crippen LogP contribution in [0.2, 0.25) is 5.02 Å². The van der Waals surface area contributed by atoms with E-state index in [1.54, 1.807) is 12.1 Å². The van der Waals surface area contributed by atoms with E-state index in [0.29, 0.717) is 5.02 Å². The molecule has 0 unspecified atom stereocenters. The van der Waals surface area contributed by atoms with Crippen molar-refractivity contribution in [1.82, 2.24) is 4.98 Å². The van der Waals surface area contributed by atoms with Gasteiger partial charge in [-0.25, -0.2) is 0 Å². The zero-order valence-electron chi connectivity index (χ0n) is 7.79. The van der Waals surface area contributed by atoms with Gasteiger partial charge in [-0.1, -0.05) is 17.7 Å². The first-order chi connectivity index (χ1) is 7.24. The predicted molar refractivity (Wildman–Crippen MR) is 62.5 cm³/mol. The molecular weight excluding hydrogens is 210 g/mol. The quantitative estimate of drug-likeness (QED) is 0.592.